The van der Waals surface area contributed by atoms with Gasteiger partial charge in [-0.15, -0.1) is 0 Å². The van der Waals surface area contributed by atoms with Crippen LogP contribution < -0.4 is 9.47 Å². The molecule has 0 bridgehead atoms. The standard InChI is InChI=1S/C30H30N2O6/c1-3-16-38-26-18-22(30(35)36)12-13-24(26)28-25(14-15-27(33)34)29(21-10-7-11-23(17-21)37-2)32(31-28)19-20-8-5-4-6-9-20/h4-13,17-18H,3,14-16,19H2,1-2H3,(H,33,34)(H,35,36). The molecule has 4 rings (SSSR count). The van der Waals surface area contributed by atoms with E-state index in [2.05, 4.69) is 0 Å². The minimum atomic E-state index is -1.06. The lowest BCUT2D eigenvalue weighted by molar-refractivity contribution is -0.136. The van der Waals surface area contributed by atoms with Crippen molar-refractivity contribution in [3.05, 3.63) is 89.5 Å². The number of methoxy groups -OCH3 is 1. The number of hydrogen-bond donors (Lipinski definition) is 2. The van der Waals surface area contributed by atoms with Crippen molar-refractivity contribution >= 4 is 11.9 Å². The van der Waals surface area contributed by atoms with Gasteiger partial charge in [-0.3, -0.25) is 9.48 Å². The molecular weight excluding hydrogens is 484 g/mol. The van der Waals surface area contributed by atoms with E-state index >= 15 is 0 Å². The van der Waals surface area contributed by atoms with Gasteiger partial charge in [0.25, 0.3) is 0 Å². The quantitative estimate of drug-likeness (QED) is 0.247. The first-order valence-corrected chi connectivity index (χ1v) is 12.4. The molecule has 0 radical (unpaired) electrons. The van der Waals surface area contributed by atoms with Gasteiger partial charge in [-0.1, -0.05) is 49.4 Å². The van der Waals surface area contributed by atoms with Gasteiger partial charge in [0.1, 0.15) is 11.5 Å². The largest absolute Gasteiger partial charge is 0.497 e. The van der Waals surface area contributed by atoms with Crippen LogP contribution in [-0.4, -0.2) is 45.6 Å². The summed E-state index contributed by atoms with van der Waals surface area (Å²) in [5.74, 6) is -0.925. The van der Waals surface area contributed by atoms with Crippen molar-refractivity contribution in [3.63, 3.8) is 0 Å². The molecule has 0 aliphatic rings. The highest BCUT2D eigenvalue weighted by molar-refractivity contribution is 5.90. The Labute approximate surface area is 221 Å². The van der Waals surface area contributed by atoms with Gasteiger partial charge in [0, 0.05) is 23.1 Å². The minimum Gasteiger partial charge on any atom is -0.497 e. The average molecular weight is 515 g/mol. The van der Waals surface area contributed by atoms with Crippen LogP contribution in [0, 0.1) is 0 Å². The van der Waals surface area contributed by atoms with Gasteiger partial charge >= 0.3 is 11.9 Å². The maximum absolute atomic E-state index is 11.7. The first kappa shape index (κ1) is 26.5. The topological polar surface area (TPSA) is 111 Å². The van der Waals surface area contributed by atoms with Gasteiger partial charge in [-0.25, -0.2) is 4.79 Å². The third-order valence-corrected chi connectivity index (χ3v) is 6.10. The number of aromatic carboxylic acids is 1. The van der Waals surface area contributed by atoms with Crippen molar-refractivity contribution in [1.29, 1.82) is 0 Å². The zero-order chi connectivity index (χ0) is 27.1. The van der Waals surface area contributed by atoms with Crippen LogP contribution in [0.3, 0.4) is 0 Å². The molecule has 0 aliphatic heterocycles. The van der Waals surface area contributed by atoms with Crippen LogP contribution in [0.25, 0.3) is 22.5 Å². The van der Waals surface area contributed by atoms with Crippen LogP contribution in [0.2, 0.25) is 0 Å². The molecule has 0 atom stereocenters. The van der Waals surface area contributed by atoms with Crippen LogP contribution in [0.4, 0.5) is 0 Å². The Kier molecular flexibility index (Phi) is 8.43. The second-order valence-electron chi connectivity index (χ2n) is 8.81. The number of carboxylic acids is 2. The summed E-state index contributed by atoms with van der Waals surface area (Å²) >= 11 is 0. The zero-order valence-corrected chi connectivity index (χ0v) is 21.4. The van der Waals surface area contributed by atoms with Crippen molar-refractivity contribution in [1.82, 2.24) is 9.78 Å². The summed E-state index contributed by atoms with van der Waals surface area (Å²) in [7, 11) is 1.60. The van der Waals surface area contributed by atoms with Crippen molar-refractivity contribution in [3.8, 4) is 34.0 Å². The minimum absolute atomic E-state index is 0.0979. The first-order valence-electron chi connectivity index (χ1n) is 12.4. The Morgan fingerprint density at radius 1 is 0.974 bits per heavy atom. The van der Waals surface area contributed by atoms with Crippen molar-refractivity contribution in [2.24, 2.45) is 0 Å². The summed E-state index contributed by atoms with van der Waals surface area (Å²) in [5.41, 5.74) is 4.64. The number of carboxylic acid groups (broad SMARTS) is 2. The highest BCUT2D eigenvalue weighted by Gasteiger charge is 2.24. The maximum Gasteiger partial charge on any atom is 0.335 e. The van der Waals surface area contributed by atoms with Crippen LogP contribution in [0.5, 0.6) is 11.5 Å². The molecule has 0 spiro atoms. The monoisotopic (exact) mass is 514 g/mol. The highest BCUT2D eigenvalue weighted by atomic mass is 16.5. The Morgan fingerprint density at radius 3 is 2.45 bits per heavy atom. The molecule has 0 aliphatic carbocycles. The smallest absolute Gasteiger partial charge is 0.335 e. The lowest BCUT2D eigenvalue weighted by atomic mass is 9.96. The van der Waals surface area contributed by atoms with Gasteiger partial charge in [0.15, 0.2) is 0 Å². The van der Waals surface area contributed by atoms with Crippen LogP contribution in [-0.2, 0) is 17.8 Å². The summed E-state index contributed by atoms with van der Waals surface area (Å²) in [4.78, 5) is 23.3. The number of nitrogens with zero attached hydrogens (tertiary/aromatic N) is 2. The third-order valence-electron chi connectivity index (χ3n) is 6.10. The summed E-state index contributed by atoms with van der Waals surface area (Å²) in [5, 5.41) is 24.1. The molecule has 0 amide bonds. The van der Waals surface area contributed by atoms with E-state index in [1.54, 1.807) is 13.2 Å². The van der Waals surface area contributed by atoms with Crippen molar-refractivity contribution < 1.29 is 29.3 Å². The van der Waals surface area contributed by atoms with Gasteiger partial charge in [0.2, 0.25) is 0 Å². The fourth-order valence-electron chi connectivity index (χ4n) is 4.33. The van der Waals surface area contributed by atoms with Crippen LogP contribution in [0.15, 0.2) is 72.8 Å². The third kappa shape index (κ3) is 6.03. The molecule has 8 nitrogen and oxygen atoms in total. The summed E-state index contributed by atoms with van der Waals surface area (Å²) in [6.07, 6.45) is 0.860. The normalized spacial score (nSPS) is 10.8. The van der Waals surface area contributed by atoms with Crippen molar-refractivity contribution in [2.75, 3.05) is 13.7 Å². The molecule has 196 valence electrons. The molecule has 0 saturated carbocycles. The molecule has 0 unspecified atom stereocenters. The fourth-order valence-corrected chi connectivity index (χ4v) is 4.33. The Hall–Kier alpha value is -4.59. The number of aliphatic carboxylic acids is 1. The Balaban J connectivity index is 1.98. The van der Waals surface area contributed by atoms with E-state index in [9.17, 15) is 19.8 Å². The average Bonchev–Trinajstić information content (AvgIpc) is 3.28. The molecule has 1 aromatic heterocycles. The summed E-state index contributed by atoms with van der Waals surface area (Å²) in [6.45, 7) is 2.81. The van der Waals surface area contributed by atoms with E-state index in [0.29, 0.717) is 35.9 Å². The number of carbonyl (C=O) groups is 2. The highest BCUT2D eigenvalue weighted by Crippen LogP contribution is 2.39. The van der Waals surface area contributed by atoms with Gasteiger partial charge in [-0.2, -0.15) is 5.10 Å². The molecule has 0 fully saturated rings. The van der Waals surface area contributed by atoms with E-state index in [1.807, 2.05) is 66.2 Å². The molecule has 4 aromatic rings. The second kappa shape index (κ2) is 12.1. The predicted molar refractivity (Wildman–Crippen MR) is 144 cm³/mol. The SMILES string of the molecule is CCCOc1cc(C(=O)O)ccc1-c1nn(Cc2ccccc2)c(-c2cccc(OC)c2)c1CCC(=O)O. The van der Waals surface area contributed by atoms with E-state index in [-0.39, 0.29) is 18.4 Å². The van der Waals surface area contributed by atoms with E-state index in [4.69, 9.17) is 14.6 Å². The van der Waals surface area contributed by atoms with Crippen molar-refractivity contribution in [2.45, 2.75) is 32.7 Å². The Bertz CT molecular complexity index is 1430. The van der Waals surface area contributed by atoms with Gasteiger partial charge in [-0.05, 0) is 48.7 Å². The van der Waals surface area contributed by atoms with E-state index < -0.39 is 11.9 Å². The summed E-state index contributed by atoms with van der Waals surface area (Å²) < 4.78 is 13.3. The molecular formula is C30H30N2O6. The second-order valence-corrected chi connectivity index (χ2v) is 8.81. The first-order chi connectivity index (χ1) is 18.4. The molecule has 0 saturated heterocycles. The Morgan fingerprint density at radius 2 is 1.76 bits per heavy atom. The number of ether oxygens (including phenoxy) is 2. The van der Waals surface area contributed by atoms with Gasteiger partial charge < -0.3 is 19.7 Å². The van der Waals surface area contributed by atoms with E-state index in [1.165, 1.54) is 12.1 Å². The molecule has 1 heterocycles. The lowest BCUT2D eigenvalue weighted by Crippen LogP contribution is -2.05. The predicted octanol–water partition coefficient (Wildman–Crippen LogP) is 5.78. The number of rotatable bonds is 12. The molecule has 38 heavy (non-hydrogen) atoms. The summed E-state index contributed by atoms with van der Waals surface area (Å²) in [6, 6.07) is 22.1. The van der Waals surface area contributed by atoms with E-state index in [0.717, 1.165) is 28.8 Å². The molecule has 3 aromatic carbocycles. The fraction of sp³-hybridized carbons (Fsp3) is 0.233. The molecule has 8 heteroatoms. The molecule has 2 N–H and O–H groups in total. The lowest BCUT2D eigenvalue weighted by Gasteiger charge is -2.13. The van der Waals surface area contributed by atoms with Gasteiger partial charge in [0.05, 0.1) is 37.2 Å². The zero-order valence-electron chi connectivity index (χ0n) is 21.4. The van der Waals surface area contributed by atoms with Crippen LogP contribution >= 0.6 is 0 Å². The maximum atomic E-state index is 11.7. The van der Waals surface area contributed by atoms with Crippen LogP contribution in [0.1, 0.15) is 41.3 Å². The number of benzene rings is 3. The number of aromatic nitrogens is 2. The number of hydrogen-bond acceptors (Lipinski definition) is 5.